The Hall–Kier alpha value is -1.40. The molecule has 0 N–H and O–H groups in total. The lowest BCUT2D eigenvalue weighted by atomic mass is 10.0. The first-order valence-electron chi connectivity index (χ1n) is 8.68. The number of benzene rings is 1. The maximum atomic E-state index is 12.4. The van der Waals surface area contributed by atoms with Gasteiger partial charge in [-0.2, -0.15) is 0 Å². The molecule has 1 atom stereocenters. The second-order valence-corrected chi connectivity index (χ2v) is 9.29. The van der Waals surface area contributed by atoms with Crippen molar-refractivity contribution in [1.82, 2.24) is 9.80 Å². The van der Waals surface area contributed by atoms with Crippen LogP contribution in [0.3, 0.4) is 0 Å². The molecule has 0 saturated carbocycles. The maximum Gasteiger partial charge on any atom is 0.222 e. The topological polar surface area (TPSA) is 57.7 Å². The van der Waals surface area contributed by atoms with Crippen LogP contribution in [0.1, 0.15) is 24.0 Å². The minimum absolute atomic E-state index is 0.0208. The summed E-state index contributed by atoms with van der Waals surface area (Å²) in [5.74, 6) is 0.571. The van der Waals surface area contributed by atoms with Gasteiger partial charge in [0.1, 0.15) is 0 Å². The zero-order chi connectivity index (χ0) is 17.2. The number of sulfone groups is 1. The van der Waals surface area contributed by atoms with E-state index in [-0.39, 0.29) is 23.3 Å². The van der Waals surface area contributed by atoms with Gasteiger partial charge >= 0.3 is 0 Å². The van der Waals surface area contributed by atoms with Gasteiger partial charge in [-0.15, -0.1) is 0 Å². The Bertz CT molecular complexity index is 694. The molecule has 0 bridgehead atoms. The van der Waals surface area contributed by atoms with Gasteiger partial charge in [0.05, 0.1) is 11.5 Å². The molecule has 3 rings (SSSR count). The number of nitrogens with zero attached hydrogens (tertiary/aromatic N) is 2. The van der Waals surface area contributed by atoms with Crippen LogP contribution in [-0.2, 0) is 21.2 Å². The van der Waals surface area contributed by atoms with Gasteiger partial charge in [-0.3, -0.25) is 9.69 Å². The van der Waals surface area contributed by atoms with Crippen LogP contribution in [0.5, 0.6) is 0 Å². The van der Waals surface area contributed by atoms with Crippen molar-refractivity contribution in [3.63, 3.8) is 0 Å². The van der Waals surface area contributed by atoms with E-state index in [2.05, 4.69) is 36.1 Å². The highest BCUT2D eigenvalue weighted by Crippen LogP contribution is 2.23. The van der Waals surface area contributed by atoms with E-state index in [1.165, 1.54) is 11.1 Å². The summed E-state index contributed by atoms with van der Waals surface area (Å²) >= 11 is 0. The third-order valence-corrected chi connectivity index (χ3v) is 7.01. The molecular formula is C18H26N2O3S. The van der Waals surface area contributed by atoms with E-state index in [1.54, 1.807) is 0 Å². The molecule has 2 aliphatic heterocycles. The minimum Gasteiger partial charge on any atom is -0.340 e. The van der Waals surface area contributed by atoms with Crippen molar-refractivity contribution >= 4 is 15.7 Å². The summed E-state index contributed by atoms with van der Waals surface area (Å²) < 4.78 is 23.0. The van der Waals surface area contributed by atoms with Crippen molar-refractivity contribution < 1.29 is 13.2 Å². The van der Waals surface area contributed by atoms with Crippen LogP contribution in [0.2, 0.25) is 0 Å². The maximum absolute atomic E-state index is 12.4. The zero-order valence-corrected chi connectivity index (χ0v) is 15.1. The average molecular weight is 350 g/mol. The summed E-state index contributed by atoms with van der Waals surface area (Å²) in [7, 11) is -2.90. The predicted molar refractivity (Wildman–Crippen MR) is 94.4 cm³/mol. The molecule has 2 saturated heterocycles. The number of piperazine rings is 1. The van der Waals surface area contributed by atoms with E-state index in [0.717, 1.165) is 32.7 Å². The Kier molecular flexibility index (Phi) is 5.25. The fourth-order valence-electron chi connectivity index (χ4n) is 3.59. The number of carbonyl (C=O) groups excluding carboxylic acids is 1. The lowest BCUT2D eigenvalue weighted by Gasteiger charge is -2.35. The second-order valence-electron chi connectivity index (χ2n) is 7.06. The van der Waals surface area contributed by atoms with Crippen molar-refractivity contribution in [3.8, 4) is 0 Å². The van der Waals surface area contributed by atoms with E-state index in [9.17, 15) is 13.2 Å². The van der Waals surface area contributed by atoms with Crippen LogP contribution in [0, 0.1) is 12.8 Å². The van der Waals surface area contributed by atoms with E-state index in [1.807, 2.05) is 4.90 Å². The second kappa shape index (κ2) is 7.23. The van der Waals surface area contributed by atoms with Gasteiger partial charge < -0.3 is 4.90 Å². The highest BCUT2D eigenvalue weighted by Gasteiger charge is 2.31. The lowest BCUT2D eigenvalue weighted by Crippen LogP contribution is -2.48. The fourth-order valence-corrected chi connectivity index (χ4v) is 5.45. The number of hydrogen-bond acceptors (Lipinski definition) is 4. The Morgan fingerprint density at radius 3 is 2.50 bits per heavy atom. The SMILES string of the molecule is Cc1ccccc1CN1CCN(C(=O)CC2CCS(=O)(=O)C2)CC1. The van der Waals surface area contributed by atoms with E-state index in [4.69, 9.17) is 0 Å². The monoisotopic (exact) mass is 350 g/mol. The van der Waals surface area contributed by atoms with Gasteiger partial charge in [-0.1, -0.05) is 24.3 Å². The van der Waals surface area contributed by atoms with Gasteiger partial charge in [0, 0.05) is 39.1 Å². The molecular weight excluding hydrogens is 324 g/mol. The molecule has 1 amide bonds. The van der Waals surface area contributed by atoms with Gasteiger partial charge in [-0.05, 0) is 30.4 Å². The average Bonchev–Trinajstić information content (AvgIpc) is 2.89. The van der Waals surface area contributed by atoms with Crippen molar-refractivity contribution in [2.45, 2.75) is 26.3 Å². The third kappa shape index (κ3) is 4.36. The molecule has 0 spiro atoms. The van der Waals surface area contributed by atoms with Crippen molar-refractivity contribution in [2.24, 2.45) is 5.92 Å². The normalized spacial score (nSPS) is 24.2. The van der Waals surface area contributed by atoms with Crippen molar-refractivity contribution in [1.29, 1.82) is 0 Å². The standard InChI is InChI=1S/C18H26N2O3S/c1-15-4-2-3-5-17(15)13-19-7-9-20(10-8-19)18(21)12-16-6-11-24(22,23)14-16/h2-5,16H,6-14H2,1H3. The van der Waals surface area contributed by atoms with Gasteiger partial charge in [0.2, 0.25) is 5.91 Å². The van der Waals surface area contributed by atoms with Crippen LogP contribution >= 0.6 is 0 Å². The molecule has 1 aromatic rings. The van der Waals surface area contributed by atoms with Gasteiger partial charge in [0.25, 0.3) is 0 Å². The quantitative estimate of drug-likeness (QED) is 0.825. The molecule has 2 heterocycles. The van der Waals surface area contributed by atoms with E-state index in [0.29, 0.717) is 12.8 Å². The summed E-state index contributed by atoms with van der Waals surface area (Å²) in [5.41, 5.74) is 2.65. The predicted octanol–water partition coefficient (Wildman–Crippen LogP) is 1.46. The molecule has 5 nitrogen and oxygen atoms in total. The fraction of sp³-hybridized carbons (Fsp3) is 0.611. The first-order valence-corrected chi connectivity index (χ1v) is 10.5. The summed E-state index contributed by atoms with van der Waals surface area (Å²) in [6.07, 6.45) is 1.03. The van der Waals surface area contributed by atoms with Crippen LogP contribution in [0.15, 0.2) is 24.3 Å². The van der Waals surface area contributed by atoms with Crippen LogP contribution in [0.25, 0.3) is 0 Å². The molecule has 0 aromatic heterocycles. The van der Waals surface area contributed by atoms with Crippen LogP contribution in [-0.4, -0.2) is 61.8 Å². The number of aryl methyl sites for hydroxylation is 1. The summed E-state index contributed by atoms with van der Waals surface area (Å²) in [6.45, 7) is 6.29. The molecule has 1 aromatic carbocycles. The van der Waals surface area contributed by atoms with Gasteiger partial charge in [0.15, 0.2) is 9.84 Å². The van der Waals surface area contributed by atoms with Crippen LogP contribution in [0.4, 0.5) is 0 Å². The molecule has 0 aliphatic carbocycles. The molecule has 6 heteroatoms. The Morgan fingerprint density at radius 1 is 1.17 bits per heavy atom. The Morgan fingerprint density at radius 2 is 1.88 bits per heavy atom. The highest BCUT2D eigenvalue weighted by molar-refractivity contribution is 7.91. The third-order valence-electron chi connectivity index (χ3n) is 5.17. The summed E-state index contributed by atoms with van der Waals surface area (Å²) in [5, 5.41) is 0. The number of amides is 1. The summed E-state index contributed by atoms with van der Waals surface area (Å²) in [6, 6.07) is 8.41. The molecule has 2 fully saturated rings. The zero-order valence-electron chi connectivity index (χ0n) is 14.3. The molecule has 24 heavy (non-hydrogen) atoms. The smallest absolute Gasteiger partial charge is 0.222 e. The van der Waals surface area contributed by atoms with E-state index >= 15 is 0 Å². The molecule has 132 valence electrons. The first-order chi connectivity index (χ1) is 11.4. The van der Waals surface area contributed by atoms with Crippen molar-refractivity contribution in [3.05, 3.63) is 35.4 Å². The van der Waals surface area contributed by atoms with E-state index < -0.39 is 9.84 Å². The van der Waals surface area contributed by atoms with Gasteiger partial charge in [-0.25, -0.2) is 8.42 Å². The number of rotatable bonds is 4. The largest absolute Gasteiger partial charge is 0.340 e. The molecule has 1 unspecified atom stereocenters. The molecule has 2 aliphatic rings. The Labute approximate surface area is 144 Å². The first kappa shape index (κ1) is 17.4. The van der Waals surface area contributed by atoms with Crippen molar-refractivity contribution in [2.75, 3.05) is 37.7 Å². The minimum atomic E-state index is -2.90. The lowest BCUT2D eigenvalue weighted by molar-refractivity contribution is -0.133. The summed E-state index contributed by atoms with van der Waals surface area (Å²) in [4.78, 5) is 16.7. The van der Waals surface area contributed by atoms with Crippen LogP contribution < -0.4 is 0 Å². The Balaban J connectivity index is 1.46. The number of hydrogen-bond donors (Lipinski definition) is 0. The number of carbonyl (C=O) groups is 1. The molecule has 0 radical (unpaired) electrons. The highest BCUT2D eigenvalue weighted by atomic mass is 32.2.